The summed E-state index contributed by atoms with van der Waals surface area (Å²) in [7, 11) is 0. The maximum absolute atomic E-state index is 13.1. The first-order chi connectivity index (χ1) is 14.9. The number of fused-ring (bicyclic) bond motifs is 2. The molecule has 0 spiro atoms. The number of rotatable bonds is 6. The summed E-state index contributed by atoms with van der Waals surface area (Å²) < 4.78 is 7.31. The number of halogens is 1. The summed E-state index contributed by atoms with van der Waals surface area (Å²) in [5.74, 6) is 1.13. The van der Waals surface area contributed by atoms with Gasteiger partial charge in [-0.25, -0.2) is 4.98 Å². The van der Waals surface area contributed by atoms with Gasteiger partial charge in [-0.3, -0.25) is 14.2 Å². The Kier molecular flexibility index (Phi) is 6.53. The molecule has 0 radical (unpaired) electrons. The summed E-state index contributed by atoms with van der Waals surface area (Å²) >= 11 is 7.35. The number of carbonyl (C=O) groups is 1. The van der Waals surface area contributed by atoms with E-state index >= 15 is 0 Å². The van der Waals surface area contributed by atoms with Gasteiger partial charge >= 0.3 is 0 Å². The van der Waals surface area contributed by atoms with E-state index in [1.54, 1.807) is 22.8 Å². The fourth-order valence-corrected chi connectivity index (χ4v) is 4.66. The highest BCUT2D eigenvalue weighted by Crippen LogP contribution is 2.31. The van der Waals surface area contributed by atoms with Gasteiger partial charge in [-0.2, -0.15) is 0 Å². The van der Waals surface area contributed by atoms with Crippen LogP contribution in [0.15, 0.2) is 52.4 Å². The summed E-state index contributed by atoms with van der Waals surface area (Å²) in [6.45, 7) is 5.17. The van der Waals surface area contributed by atoms with Crippen LogP contribution in [0.5, 0.6) is 5.75 Å². The molecule has 4 rings (SSSR count). The highest BCUT2D eigenvalue weighted by Gasteiger charge is 2.23. The first kappa shape index (κ1) is 21.7. The molecule has 31 heavy (non-hydrogen) atoms. The Morgan fingerprint density at radius 2 is 2.13 bits per heavy atom. The first-order valence-electron chi connectivity index (χ1n) is 10.3. The third-order valence-electron chi connectivity index (χ3n) is 5.05. The third-order valence-corrected chi connectivity index (χ3v) is 6.27. The van der Waals surface area contributed by atoms with E-state index < -0.39 is 0 Å². The molecule has 0 saturated heterocycles. The molecule has 1 aromatic heterocycles. The number of hydrogen-bond donors (Lipinski definition) is 1. The van der Waals surface area contributed by atoms with Gasteiger partial charge in [0.15, 0.2) is 5.16 Å². The molecule has 8 heteroatoms. The minimum absolute atomic E-state index is 0.0809. The molecule has 1 aliphatic rings. The second kappa shape index (κ2) is 9.32. The number of aromatic nitrogens is 2. The van der Waals surface area contributed by atoms with Crippen LogP contribution < -0.4 is 15.6 Å². The topological polar surface area (TPSA) is 73.2 Å². The number of hydrogen-bond acceptors (Lipinski definition) is 5. The van der Waals surface area contributed by atoms with Crippen LogP contribution in [0, 0.1) is 5.92 Å². The zero-order valence-corrected chi connectivity index (χ0v) is 19.0. The van der Waals surface area contributed by atoms with Gasteiger partial charge in [0.1, 0.15) is 5.75 Å². The molecule has 1 atom stereocenters. The fourth-order valence-electron chi connectivity index (χ4n) is 3.67. The number of benzene rings is 2. The van der Waals surface area contributed by atoms with E-state index in [2.05, 4.69) is 10.3 Å². The summed E-state index contributed by atoms with van der Waals surface area (Å²) in [6, 6.07) is 12.8. The van der Waals surface area contributed by atoms with Gasteiger partial charge in [0.2, 0.25) is 5.91 Å². The number of carbonyl (C=O) groups excluding carboxylic acids is 1. The second-order valence-electron chi connectivity index (χ2n) is 7.95. The molecular formula is C23H24ClN3O3S. The molecule has 0 unspecified atom stereocenters. The van der Waals surface area contributed by atoms with E-state index in [4.69, 9.17) is 16.3 Å². The van der Waals surface area contributed by atoms with Crippen molar-refractivity contribution in [1.29, 1.82) is 0 Å². The largest absolute Gasteiger partial charge is 0.493 e. The number of nitrogens with one attached hydrogen (secondary N) is 1. The molecule has 6 nitrogen and oxygen atoms in total. The highest BCUT2D eigenvalue weighted by molar-refractivity contribution is 7.99. The maximum Gasteiger partial charge on any atom is 0.262 e. The van der Waals surface area contributed by atoms with E-state index in [1.165, 1.54) is 11.8 Å². The average Bonchev–Trinajstić information content (AvgIpc) is 2.75. The third kappa shape index (κ3) is 4.88. The average molecular weight is 458 g/mol. The lowest BCUT2D eigenvalue weighted by Crippen LogP contribution is -2.33. The lowest BCUT2D eigenvalue weighted by atomic mass is 10.0. The normalized spacial score (nSPS) is 15.5. The van der Waals surface area contributed by atoms with Gasteiger partial charge in [-0.15, -0.1) is 0 Å². The number of para-hydroxylation sites is 1. The molecule has 0 aliphatic carbocycles. The lowest BCUT2D eigenvalue weighted by Gasteiger charge is -2.26. The summed E-state index contributed by atoms with van der Waals surface area (Å²) in [5.41, 5.74) is 1.43. The Bertz CT molecular complexity index is 1180. The Labute approximate surface area is 190 Å². The molecular weight excluding hydrogens is 434 g/mol. The van der Waals surface area contributed by atoms with Crippen molar-refractivity contribution in [1.82, 2.24) is 14.9 Å². The molecule has 3 aromatic rings. The Hall–Kier alpha value is -2.51. The Morgan fingerprint density at radius 3 is 2.94 bits per heavy atom. The Morgan fingerprint density at radius 1 is 1.32 bits per heavy atom. The zero-order valence-electron chi connectivity index (χ0n) is 17.4. The van der Waals surface area contributed by atoms with Crippen molar-refractivity contribution in [3.63, 3.8) is 0 Å². The van der Waals surface area contributed by atoms with Crippen LogP contribution in [0.2, 0.25) is 5.02 Å². The van der Waals surface area contributed by atoms with Crippen molar-refractivity contribution in [3.8, 4) is 5.75 Å². The quantitative estimate of drug-likeness (QED) is 0.437. The molecule has 1 N–H and O–H groups in total. The van der Waals surface area contributed by atoms with Crippen LogP contribution in [0.4, 0.5) is 0 Å². The molecule has 0 saturated carbocycles. The summed E-state index contributed by atoms with van der Waals surface area (Å²) in [5, 5.41) is 4.62. The van der Waals surface area contributed by atoms with Crippen LogP contribution >= 0.6 is 23.4 Å². The van der Waals surface area contributed by atoms with Gasteiger partial charge < -0.3 is 10.1 Å². The van der Waals surface area contributed by atoms with Gasteiger partial charge in [0.25, 0.3) is 5.56 Å². The van der Waals surface area contributed by atoms with Crippen molar-refractivity contribution >= 4 is 40.2 Å². The molecule has 2 heterocycles. The second-order valence-corrected chi connectivity index (χ2v) is 9.33. The van der Waals surface area contributed by atoms with E-state index in [0.29, 0.717) is 34.2 Å². The van der Waals surface area contributed by atoms with Crippen molar-refractivity contribution in [2.75, 3.05) is 12.4 Å². The lowest BCUT2D eigenvalue weighted by molar-refractivity contribution is -0.119. The smallest absolute Gasteiger partial charge is 0.262 e. The van der Waals surface area contributed by atoms with Gasteiger partial charge in [0.05, 0.1) is 29.3 Å². The monoisotopic (exact) mass is 457 g/mol. The van der Waals surface area contributed by atoms with Crippen molar-refractivity contribution < 1.29 is 9.53 Å². The van der Waals surface area contributed by atoms with Crippen molar-refractivity contribution in [3.05, 3.63) is 63.4 Å². The predicted octanol–water partition coefficient (Wildman–Crippen LogP) is 4.44. The summed E-state index contributed by atoms with van der Waals surface area (Å²) in [6.07, 6.45) is 0.723. The molecule has 0 bridgehead atoms. The summed E-state index contributed by atoms with van der Waals surface area (Å²) in [4.78, 5) is 30.4. The maximum atomic E-state index is 13.1. The van der Waals surface area contributed by atoms with Gasteiger partial charge in [0, 0.05) is 23.6 Å². The molecule has 162 valence electrons. The number of nitrogens with zero attached hydrogens (tertiary/aromatic N) is 2. The molecule has 0 fully saturated rings. The highest BCUT2D eigenvalue weighted by atomic mass is 35.5. The number of amides is 1. The number of ether oxygens (including phenoxy) is 1. The number of thioether (sulfide) groups is 1. The van der Waals surface area contributed by atoms with Crippen LogP contribution in [0.25, 0.3) is 10.9 Å². The molecule has 1 amide bonds. The van der Waals surface area contributed by atoms with Gasteiger partial charge in [-0.05, 0) is 30.2 Å². The van der Waals surface area contributed by atoms with Crippen LogP contribution in [0.3, 0.4) is 0 Å². The van der Waals surface area contributed by atoms with E-state index in [0.717, 1.165) is 17.7 Å². The minimum atomic E-state index is -0.137. The first-order valence-corrected chi connectivity index (χ1v) is 11.6. The van der Waals surface area contributed by atoms with E-state index in [1.807, 2.05) is 38.1 Å². The van der Waals surface area contributed by atoms with Crippen molar-refractivity contribution in [2.45, 2.75) is 38.0 Å². The van der Waals surface area contributed by atoms with Crippen LogP contribution in [-0.2, 0) is 11.3 Å². The standard InChI is InChI=1S/C23H24ClN3O3S/c1-14(2)12-27-22(29)17-11-15(24)7-8-18(17)26-23(27)31-13-21(28)25-19-9-10-30-20-6-4-3-5-16(19)20/h3-8,11,14,19H,9-10,12-13H2,1-2H3,(H,25,28)/t19-/m0/s1. The van der Waals surface area contributed by atoms with Crippen molar-refractivity contribution in [2.24, 2.45) is 5.92 Å². The van der Waals surface area contributed by atoms with Gasteiger partial charge in [-0.1, -0.05) is 55.4 Å². The predicted molar refractivity (Wildman–Crippen MR) is 124 cm³/mol. The van der Waals surface area contributed by atoms with E-state index in [9.17, 15) is 9.59 Å². The fraction of sp³-hybridized carbons (Fsp3) is 0.348. The zero-order chi connectivity index (χ0) is 22.0. The SMILES string of the molecule is CC(C)Cn1c(SCC(=O)N[C@H]2CCOc3ccccc32)nc2ccc(Cl)cc2c1=O. The van der Waals surface area contributed by atoms with E-state index in [-0.39, 0.29) is 29.2 Å². The van der Waals surface area contributed by atoms with Crippen LogP contribution in [-0.4, -0.2) is 27.8 Å². The Balaban J connectivity index is 1.54. The molecule has 2 aromatic carbocycles. The van der Waals surface area contributed by atoms with Crippen LogP contribution in [0.1, 0.15) is 31.9 Å². The minimum Gasteiger partial charge on any atom is -0.493 e. The molecule has 1 aliphatic heterocycles.